The van der Waals surface area contributed by atoms with Gasteiger partial charge in [0.15, 0.2) is 11.6 Å². The SMILES string of the molecule is O=C(CSC1CCCC1)N1CCN(c2ccc(-n3cncn3)nn2)CC1. The largest absolute Gasteiger partial charge is 0.352 e. The molecule has 4 rings (SSSR count). The number of thioether (sulfide) groups is 1. The van der Waals surface area contributed by atoms with Crippen LogP contribution < -0.4 is 4.90 Å². The van der Waals surface area contributed by atoms with Crippen molar-refractivity contribution in [2.75, 3.05) is 36.8 Å². The van der Waals surface area contributed by atoms with Crippen LogP contribution in [-0.2, 0) is 4.79 Å². The van der Waals surface area contributed by atoms with Crippen molar-refractivity contribution in [2.24, 2.45) is 0 Å². The molecule has 2 fully saturated rings. The minimum Gasteiger partial charge on any atom is -0.352 e. The van der Waals surface area contributed by atoms with Gasteiger partial charge in [-0.3, -0.25) is 4.79 Å². The van der Waals surface area contributed by atoms with Crippen molar-refractivity contribution in [2.45, 2.75) is 30.9 Å². The number of aromatic nitrogens is 5. The number of nitrogens with zero attached hydrogens (tertiary/aromatic N) is 7. The maximum absolute atomic E-state index is 12.4. The van der Waals surface area contributed by atoms with Gasteiger partial charge in [-0.05, 0) is 25.0 Å². The third-order valence-electron chi connectivity index (χ3n) is 4.99. The molecule has 0 atom stereocenters. The molecule has 0 bridgehead atoms. The van der Waals surface area contributed by atoms with Crippen molar-refractivity contribution in [3.05, 3.63) is 24.8 Å². The molecule has 0 aromatic carbocycles. The van der Waals surface area contributed by atoms with E-state index < -0.39 is 0 Å². The predicted molar refractivity (Wildman–Crippen MR) is 100 cm³/mol. The van der Waals surface area contributed by atoms with Crippen molar-refractivity contribution >= 4 is 23.5 Å². The Bertz CT molecular complexity index is 707. The van der Waals surface area contributed by atoms with Crippen LogP contribution in [0.5, 0.6) is 0 Å². The third kappa shape index (κ3) is 3.98. The van der Waals surface area contributed by atoms with Gasteiger partial charge in [0.25, 0.3) is 0 Å². The Morgan fingerprint density at radius 1 is 1.08 bits per heavy atom. The van der Waals surface area contributed by atoms with Crippen LogP contribution in [0.1, 0.15) is 25.7 Å². The Morgan fingerprint density at radius 2 is 1.81 bits per heavy atom. The topological polar surface area (TPSA) is 80.0 Å². The van der Waals surface area contributed by atoms with E-state index in [9.17, 15) is 4.79 Å². The quantitative estimate of drug-likeness (QED) is 0.783. The molecule has 138 valence electrons. The van der Waals surface area contributed by atoms with Gasteiger partial charge in [0.2, 0.25) is 5.91 Å². The second-order valence-electron chi connectivity index (χ2n) is 6.68. The molecule has 8 nitrogen and oxygen atoms in total. The van der Waals surface area contributed by atoms with E-state index in [0.717, 1.165) is 32.0 Å². The second-order valence-corrected chi connectivity index (χ2v) is 7.96. The van der Waals surface area contributed by atoms with Crippen LogP contribution >= 0.6 is 11.8 Å². The molecule has 0 N–H and O–H groups in total. The van der Waals surface area contributed by atoms with Gasteiger partial charge in [-0.2, -0.15) is 5.10 Å². The van der Waals surface area contributed by atoms with Gasteiger partial charge in [0.1, 0.15) is 12.7 Å². The Kier molecular flexibility index (Phi) is 5.33. The number of hydrogen-bond donors (Lipinski definition) is 0. The molecular weight excluding hydrogens is 350 g/mol. The molecule has 2 aliphatic rings. The Balaban J connectivity index is 1.27. The van der Waals surface area contributed by atoms with Crippen LogP contribution in [-0.4, -0.2) is 73.0 Å². The van der Waals surface area contributed by atoms with E-state index in [1.807, 2.05) is 28.8 Å². The van der Waals surface area contributed by atoms with Gasteiger partial charge in [-0.1, -0.05) is 12.8 Å². The molecule has 1 amide bonds. The summed E-state index contributed by atoms with van der Waals surface area (Å²) >= 11 is 1.84. The molecule has 3 heterocycles. The Hall–Kier alpha value is -2.16. The van der Waals surface area contributed by atoms with E-state index in [1.165, 1.54) is 32.0 Å². The standard InChI is InChI=1S/C17H23N7OS/c25-17(11-26-14-3-1-2-4-14)23-9-7-22(8-10-23)15-5-6-16(21-20-15)24-13-18-12-19-24/h5-6,12-14H,1-4,7-11H2. The first-order valence-electron chi connectivity index (χ1n) is 9.12. The highest BCUT2D eigenvalue weighted by Gasteiger charge is 2.24. The first-order valence-corrected chi connectivity index (χ1v) is 10.2. The molecule has 1 aliphatic carbocycles. The van der Waals surface area contributed by atoms with Crippen LogP contribution in [0.25, 0.3) is 5.82 Å². The molecule has 2 aromatic rings. The van der Waals surface area contributed by atoms with Crippen molar-refractivity contribution in [3.8, 4) is 5.82 Å². The van der Waals surface area contributed by atoms with E-state index in [0.29, 0.717) is 16.8 Å². The first kappa shape index (κ1) is 17.3. The van der Waals surface area contributed by atoms with Crippen LogP contribution in [0, 0.1) is 0 Å². The van der Waals surface area contributed by atoms with Gasteiger partial charge in [0, 0.05) is 31.4 Å². The molecule has 0 spiro atoms. The van der Waals surface area contributed by atoms with Crippen molar-refractivity contribution in [1.82, 2.24) is 29.9 Å². The molecule has 2 aromatic heterocycles. The zero-order valence-corrected chi connectivity index (χ0v) is 15.5. The average molecular weight is 373 g/mol. The molecule has 0 unspecified atom stereocenters. The number of rotatable bonds is 5. The molecule has 9 heteroatoms. The smallest absolute Gasteiger partial charge is 0.232 e. The van der Waals surface area contributed by atoms with Gasteiger partial charge in [-0.25, -0.2) is 9.67 Å². The summed E-state index contributed by atoms with van der Waals surface area (Å²) in [5.74, 6) is 2.37. The van der Waals surface area contributed by atoms with E-state index in [2.05, 4.69) is 25.2 Å². The lowest BCUT2D eigenvalue weighted by atomic mass is 10.3. The predicted octanol–water partition coefficient (Wildman–Crippen LogP) is 1.38. The summed E-state index contributed by atoms with van der Waals surface area (Å²) in [6.07, 6.45) is 8.25. The number of carbonyl (C=O) groups excluding carboxylic acids is 1. The lowest BCUT2D eigenvalue weighted by Crippen LogP contribution is -2.49. The lowest BCUT2D eigenvalue weighted by molar-refractivity contribution is -0.128. The van der Waals surface area contributed by atoms with E-state index in [4.69, 9.17) is 0 Å². The van der Waals surface area contributed by atoms with Gasteiger partial charge >= 0.3 is 0 Å². The second kappa shape index (κ2) is 8.03. The molecule has 1 aliphatic heterocycles. The monoisotopic (exact) mass is 373 g/mol. The fourth-order valence-corrected chi connectivity index (χ4v) is 4.68. The van der Waals surface area contributed by atoms with Crippen LogP contribution in [0.15, 0.2) is 24.8 Å². The van der Waals surface area contributed by atoms with E-state index in [-0.39, 0.29) is 5.91 Å². The summed E-state index contributed by atoms with van der Waals surface area (Å²) in [5.41, 5.74) is 0. The van der Waals surface area contributed by atoms with Crippen LogP contribution in [0.4, 0.5) is 5.82 Å². The van der Waals surface area contributed by atoms with Crippen molar-refractivity contribution in [3.63, 3.8) is 0 Å². The maximum atomic E-state index is 12.4. The van der Waals surface area contributed by atoms with E-state index in [1.54, 1.807) is 11.0 Å². The highest BCUT2D eigenvalue weighted by atomic mass is 32.2. The number of carbonyl (C=O) groups is 1. The maximum Gasteiger partial charge on any atom is 0.232 e. The molecular formula is C17H23N7OS. The Labute approximate surface area is 157 Å². The van der Waals surface area contributed by atoms with Gasteiger partial charge in [-0.15, -0.1) is 22.0 Å². The lowest BCUT2D eigenvalue weighted by Gasteiger charge is -2.35. The van der Waals surface area contributed by atoms with Gasteiger partial charge < -0.3 is 9.80 Å². The van der Waals surface area contributed by atoms with Gasteiger partial charge in [0.05, 0.1) is 5.75 Å². The van der Waals surface area contributed by atoms with Crippen LogP contribution in [0.3, 0.4) is 0 Å². The number of hydrogen-bond acceptors (Lipinski definition) is 7. The van der Waals surface area contributed by atoms with Crippen molar-refractivity contribution < 1.29 is 4.79 Å². The first-order chi connectivity index (χ1) is 12.8. The summed E-state index contributed by atoms with van der Waals surface area (Å²) < 4.78 is 1.58. The molecule has 1 saturated carbocycles. The molecule has 0 radical (unpaired) electrons. The summed E-state index contributed by atoms with van der Waals surface area (Å²) in [4.78, 5) is 20.5. The normalized spacial score (nSPS) is 18.5. The van der Waals surface area contributed by atoms with Crippen molar-refractivity contribution in [1.29, 1.82) is 0 Å². The number of anilines is 1. The van der Waals surface area contributed by atoms with E-state index >= 15 is 0 Å². The summed E-state index contributed by atoms with van der Waals surface area (Å²) in [5, 5.41) is 13.2. The fourth-order valence-electron chi connectivity index (χ4n) is 3.46. The zero-order chi connectivity index (χ0) is 17.8. The summed E-state index contributed by atoms with van der Waals surface area (Å²) in [7, 11) is 0. The number of amides is 1. The fraction of sp³-hybridized carbons (Fsp3) is 0.588. The number of piperazine rings is 1. The highest BCUT2D eigenvalue weighted by Crippen LogP contribution is 2.29. The molecule has 1 saturated heterocycles. The van der Waals surface area contributed by atoms with Crippen LogP contribution in [0.2, 0.25) is 0 Å². The third-order valence-corrected chi connectivity index (χ3v) is 6.35. The Morgan fingerprint density at radius 3 is 2.46 bits per heavy atom. The summed E-state index contributed by atoms with van der Waals surface area (Å²) in [6.45, 7) is 3.07. The zero-order valence-electron chi connectivity index (χ0n) is 14.7. The average Bonchev–Trinajstić information content (AvgIpc) is 3.40. The minimum atomic E-state index is 0.272. The highest BCUT2D eigenvalue weighted by molar-refractivity contribution is 8.00. The molecule has 26 heavy (non-hydrogen) atoms. The summed E-state index contributed by atoms with van der Waals surface area (Å²) in [6, 6.07) is 3.82. The minimum absolute atomic E-state index is 0.272.